The molecule has 0 N–H and O–H groups in total. The molecule has 74 valence electrons. The molecular weight excluding hydrogens is 223 g/mol. The molecule has 1 heterocycles. The summed E-state index contributed by atoms with van der Waals surface area (Å²) >= 11 is 11.6. The summed E-state index contributed by atoms with van der Waals surface area (Å²) in [5, 5.41) is 0.789. The second kappa shape index (κ2) is 3.79. The van der Waals surface area contributed by atoms with Crippen molar-refractivity contribution in [2.24, 2.45) is 0 Å². The van der Waals surface area contributed by atoms with E-state index in [4.69, 9.17) is 29.3 Å². The average molecular weight is 232 g/mol. The van der Waals surface area contributed by atoms with Gasteiger partial charge in [-0.05, 0) is 24.1 Å². The Labute approximate surface area is 93.2 Å². The van der Waals surface area contributed by atoms with Gasteiger partial charge in [0.05, 0.1) is 11.4 Å². The Bertz CT molecular complexity index is 422. The average Bonchev–Trinajstić information content (AvgIpc) is 2.52. The molecule has 4 heteroatoms. The zero-order valence-corrected chi connectivity index (χ0v) is 8.73. The van der Waals surface area contributed by atoms with Crippen LogP contribution in [0.3, 0.4) is 0 Å². The van der Waals surface area contributed by atoms with Gasteiger partial charge in [-0.1, -0.05) is 29.3 Å². The first-order chi connectivity index (χ1) is 7.01. The number of hydrogen-bond acceptors (Lipinski definition) is 2. The third-order valence-corrected chi connectivity index (χ3v) is 2.77. The molecule has 0 aliphatic carbocycles. The second-order valence-corrected chi connectivity index (χ2v) is 3.84. The zero-order valence-electron chi connectivity index (χ0n) is 8.22. The molecule has 0 bridgehead atoms. The molecule has 1 atom stereocenters. The van der Waals surface area contributed by atoms with Crippen LogP contribution in [-0.2, 0) is 9.53 Å². The van der Waals surface area contributed by atoms with Crippen LogP contribution in [0.25, 0.3) is 0 Å². The summed E-state index contributed by atoms with van der Waals surface area (Å²) < 4.78 is 12.9. The van der Waals surface area contributed by atoms with Crippen LogP contribution in [0.5, 0.6) is 0 Å². The SMILES string of the molecule is [2H]C1(c2ccc(Cl)c(Cl)c2)CCC(=O)O1. The highest BCUT2D eigenvalue weighted by Gasteiger charge is 2.24. The fourth-order valence-electron chi connectivity index (χ4n) is 1.33. The standard InChI is InChI=1S/C10H8Cl2O2/c11-7-2-1-6(5-8(7)12)9-3-4-10(13)14-9/h1-2,5,9H,3-4H2/i9D. The number of benzene rings is 1. The van der Waals surface area contributed by atoms with Gasteiger partial charge in [-0.15, -0.1) is 0 Å². The lowest BCUT2D eigenvalue weighted by molar-refractivity contribution is -0.141. The first kappa shape index (κ1) is 8.57. The molecule has 0 radical (unpaired) electrons. The van der Waals surface area contributed by atoms with E-state index in [1.807, 2.05) is 0 Å². The highest BCUT2D eigenvalue weighted by atomic mass is 35.5. The Kier molecular flexibility index (Phi) is 2.32. The molecule has 0 saturated carbocycles. The van der Waals surface area contributed by atoms with Crippen molar-refractivity contribution in [1.82, 2.24) is 0 Å². The largest absolute Gasteiger partial charge is 0.457 e. The van der Waals surface area contributed by atoms with E-state index in [0.29, 0.717) is 22.0 Å². The first-order valence-corrected chi connectivity index (χ1v) is 4.94. The maximum absolute atomic E-state index is 11.0. The Morgan fingerprint density at radius 1 is 1.43 bits per heavy atom. The highest BCUT2D eigenvalue weighted by molar-refractivity contribution is 6.42. The van der Waals surface area contributed by atoms with Crippen LogP contribution in [0.15, 0.2) is 18.2 Å². The lowest BCUT2D eigenvalue weighted by Crippen LogP contribution is -1.98. The van der Waals surface area contributed by atoms with Crippen molar-refractivity contribution >= 4 is 29.2 Å². The maximum atomic E-state index is 11.0. The predicted octanol–water partition coefficient (Wildman–Crippen LogP) is 3.37. The van der Waals surface area contributed by atoms with E-state index in [0.717, 1.165) is 0 Å². The summed E-state index contributed by atoms with van der Waals surface area (Å²) in [6.07, 6.45) is -0.682. The maximum Gasteiger partial charge on any atom is 0.306 e. The Hall–Kier alpha value is -0.730. The number of ether oxygens (including phenoxy) is 1. The molecule has 2 rings (SSSR count). The molecule has 2 nitrogen and oxygen atoms in total. The summed E-state index contributed by atoms with van der Waals surface area (Å²) in [6, 6.07) is 4.82. The van der Waals surface area contributed by atoms with Gasteiger partial charge >= 0.3 is 5.97 Å². The van der Waals surface area contributed by atoms with E-state index in [1.54, 1.807) is 18.2 Å². The van der Waals surface area contributed by atoms with Crippen LogP contribution in [0, 0.1) is 0 Å². The van der Waals surface area contributed by atoms with Crippen molar-refractivity contribution in [3.63, 3.8) is 0 Å². The molecule has 0 spiro atoms. The fraction of sp³-hybridized carbons (Fsp3) is 0.300. The summed E-state index contributed by atoms with van der Waals surface area (Å²) in [5.74, 6) is -0.351. The second-order valence-electron chi connectivity index (χ2n) is 3.03. The van der Waals surface area contributed by atoms with Gasteiger partial charge in [-0.3, -0.25) is 4.79 Å². The number of carbonyl (C=O) groups excluding carboxylic acids is 1. The number of hydrogen-bond donors (Lipinski definition) is 0. The molecule has 1 saturated heterocycles. The van der Waals surface area contributed by atoms with Crippen molar-refractivity contribution in [2.75, 3.05) is 0 Å². The monoisotopic (exact) mass is 231 g/mol. The van der Waals surface area contributed by atoms with Crippen molar-refractivity contribution in [3.8, 4) is 0 Å². The van der Waals surface area contributed by atoms with E-state index in [9.17, 15) is 4.79 Å². The number of rotatable bonds is 1. The third-order valence-electron chi connectivity index (χ3n) is 2.03. The van der Waals surface area contributed by atoms with E-state index >= 15 is 0 Å². The van der Waals surface area contributed by atoms with Gasteiger partial charge in [-0.2, -0.15) is 0 Å². The smallest absolute Gasteiger partial charge is 0.306 e. The molecule has 0 amide bonds. The van der Waals surface area contributed by atoms with Gasteiger partial charge in [0, 0.05) is 6.42 Å². The molecule has 1 aliphatic rings. The molecule has 1 aliphatic heterocycles. The normalized spacial score (nSPS) is 27.3. The molecular formula is C10H8Cl2O2. The Balaban J connectivity index is 2.37. The van der Waals surface area contributed by atoms with Crippen molar-refractivity contribution in [2.45, 2.75) is 18.9 Å². The Morgan fingerprint density at radius 3 is 2.79 bits per heavy atom. The van der Waals surface area contributed by atoms with Crippen molar-refractivity contribution < 1.29 is 10.9 Å². The summed E-state index contributed by atoms with van der Waals surface area (Å²) in [7, 11) is 0. The molecule has 0 aromatic heterocycles. The number of cyclic esters (lactones) is 1. The minimum Gasteiger partial charge on any atom is -0.457 e. The Morgan fingerprint density at radius 2 is 2.21 bits per heavy atom. The number of esters is 1. The summed E-state index contributed by atoms with van der Waals surface area (Å²) in [6.45, 7) is 0. The van der Waals surface area contributed by atoms with E-state index in [1.165, 1.54) is 0 Å². The highest BCUT2D eigenvalue weighted by Crippen LogP contribution is 2.32. The fourth-order valence-corrected chi connectivity index (χ4v) is 1.63. The topological polar surface area (TPSA) is 26.3 Å². The lowest BCUT2D eigenvalue weighted by atomic mass is 10.1. The van der Waals surface area contributed by atoms with Gasteiger partial charge in [0.15, 0.2) is 0 Å². The zero-order chi connectivity index (χ0) is 11.1. The first-order valence-electron chi connectivity index (χ1n) is 4.69. The van der Waals surface area contributed by atoms with Gasteiger partial charge in [-0.25, -0.2) is 0 Å². The third kappa shape index (κ3) is 1.86. The van der Waals surface area contributed by atoms with Crippen LogP contribution in [-0.4, -0.2) is 5.97 Å². The van der Waals surface area contributed by atoms with Gasteiger partial charge in [0.1, 0.15) is 6.08 Å². The lowest BCUT2D eigenvalue weighted by Gasteiger charge is -2.09. The molecule has 1 unspecified atom stereocenters. The van der Waals surface area contributed by atoms with Crippen LogP contribution in [0.4, 0.5) is 0 Å². The molecule has 14 heavy (non-hydrogen) atoms. The van der Waals surface area contributed by atoms with E-state index in [-0.39, 0.29) is 12.4 Å². The van der Waals surface area contributed by atoms with Crippen LogP contribution in [0.2, 0.25) is 10.0 Å². The number of halogens is 2. The van der Waals surface area contributed by atoms with E-state index < -0.39 is 6.08 Å². The minimum atomic E-state index is -1.30. The van der Waals surface area contributed by atoms with Crippen molar-refractivity contribution in [3.05, 3.63) is 33.8 Å². The van der Waals surface area contributed by atoms with Crippen LogP contribution < -0.4 is 0 Å². The predicted molar refractivity (Wildman–Crippen MR) is 54.5 cm³/mol. The van der Waals surface area contributed by atoms with E-state index in [2.05, 4.69) is 0 Å². The van der Waals surface area contributed by atoms with Crippen LogP contribution in [0.1, 0.15) is 25.9 Å². The van der Waals surface area contributed by atoms with Crippen molar-refractivity contribution in [1.29, 1.82) is 0 Å². The summed E-state index contributed by atoms with van der Waals surface area (Å²) in [5.41, 5.74) is 0.558. The molecule has 1 aromatic rings. The quantitative estimate of drug-likeness (QED) is 0.694. The summed E-state index contributed by atoms with van der Waals surface area (Å²) in [4.78, 5) is 11.0. The minimum absolute atomic E-state index is 0.268. The molecule has 1 aromatic carbocycles. The van der Waals surface area contributed by atoms with Crippen LogP contribution >= 0.6 is 23.2 Å². The van der Waals surface area contributed by atoms with Gasteiger partial charge in [0.2, 0.25) is 0 Å². The van der Waals surface area contributed by atoms with Gasteiger partial charge < -0.3 is 4.74 Å². The number of carbonyl (C=O) groups is 1. The molecule has 1 fully saturated rings. The van der Waals surface area contributed by atoms with Gasteiger partial charge in [0.25, 0.3) is 0 Å².